The van der Waals surface area contributed by atoms with Gasteiger partial charge in [-0.2, -0.15) is 9.36 Å². The topological polar surface area (TPSA) is 160 Å². The summed E-state index contributed by atoms with van der Waals surface area (Å²) in [6.07, 6.45) is 0. The van der Waals surface area contributed by atoms with Gasteiger partial charge in [0.1, 0.15) is 24.2 Å². The number of anilines is 1. The molecule has 2 amide bonds. The molecule has 1 saturated heterocycles. The van der Waals surface area contributed by atoms with Crippen LogP contribution in [0.3, 0.4) is 0 Å². The molecule has 27 heavy (non-hydrogen) atoms. The van der Waals surface area contributed by atoms with Gasteiger partial charge in [-0.25, -0.2) is 4.79 Å². The van der Waals surface area contributed by atoms with E-state index >= 15 is 0 Å². The number of amides is 2. The van der Waals surface area contributed by atoms with Crippen molar-refractivity contribution in [1.82, 2.24) is 19.6 Å². The van der Waals surface area contributed by atoms with Crippen molar-refractivity contribution in [3.8, 4) is 0 Å². The summed E-state index contributed by atoms with van der Waals surface area (Å²) in [5.74, 6) is -2.22. The molecule has 11 nitrogen and oxygen atoms in total. The van der Waals surface area contributed by atoms with Crippen LogP contribution in [-0.2, 0) is 19.2 Å². The zero-order valence-electron chi connectivity index (χ0n) is 13.7. The number of carboxylic acids is 1. The highest BCUT2D eigenvalue weighted by Gasteiger charge is 2.54. The summed E-state index contributed by atoms with van der Waals surface area (Å²) < 4.78 is 3.90. The van der Waals surface area contributed by atoms with Crippen LogP contribution in [0.2, 0.25) is 0 Å². The maximum Gasteiger partial charge on any atom is 0.352 e. The molecule has 14 heteroatoms. The van der Waals surface area contributed by atoms with E-state index in [0.717, 1.165) is 16.4 Å². The number of aliphatic carboxylic acids is 1. The fourth-order valence-corrected chi connectivity index (χ4v) is 4.72. The average molecular weight is 433 g/mol. The fraction of sp³-hybridized carbons (Fsp3) is 0.385. The number of carbonyl (C=O) groups excluding carboxylic acids is 2. The maximum absolute atomic E-state index is 12.5. The Hall–Kier alpha value is -2.38. The van der Waals surface area contributed by atoms with Crippen LogP contribution in [0, 0.1) is 0 Å². The molecule has 0 aliphatic carbocycles. The third kappa shape index (κ3) is 3.44. The molecule has 0 bridgehead atoms. The molecule has 2 aliphatic rings. The van der Waals surface area contributed by atoms with Gasteiger partial charge in [-0.1, -0.05) is 5.16 Å². The van der Waals surface area contributed by atoms with Gasteiger partial charge in [-0.05, 0) is 5.57 Å². The molecule has 2 atom stereocenters. The van der Waals surface area contributed by atoms with Crippen LogP contribution in [0.15, 0.2) is 16.4 Å². The van der Waals surface area contributed by atoms with E-state index in [2.05, 4.69) is 24.7 Å². The van der Waals surface area contributed by atoms with Crippen molar-refractivity contribution in [3.05, 3.63) is 17.1 Å². The van der Waals surface area contributed by atoms with Gasteiger partial charge in [0.05, 0.1) is 0 Å². The Kier molecular flexibility index (Phi) is 5.53. The minimum atomic E-state index is -1.24. The highest BCUT2D eigenvalue weighted by Crippen LogP contribution is 2.40. The number of aromatic nitrogens is 2. The quantitative estimate of drug-likeness (QED) is 0.232. The van der Waals surface area contributed by atoms with Crippen molar-refractivity contribution in [3.63, 3.8) is 0 Å². The molecule has 3 heterocycles. The number of hydrogen-bond donors (Lipinski definition) is 3. The molecule has 0 saturated carbocycles. The first kappa shape index (κ1) is 19.4. The zero-order valence-corrected chi connectivity index (χ0v) is 16.1. The van der Waals surface area contributed by atoms with Crippen LogP contribution in [0.1, 0.15) is 5.82 Å². The van der Waals surface area contributed by atoms with Crippen LogP contribution in [0.4, 0.5) is 5.13 Å². The maximum atomic E-state index is 12.5. The molecule has 0 radical (unpaired) electrons. The number of nitrogen functional groups attached to an aromatic ring is 1. The molecule has 0 unspecified atom stereocenters. The van der Waals surface area contributed by atoms with Gasteiger partial charge in [-0.15, -0.1) is 23.4 Å². The Bertz CT molecular complexity index is 871. The van der Waals surface area contributed by atoms with Crippen molar-refractivity contribution >= 4 is 63.5 Å². The Morgan fingerprint density at radius 2 is 2.30 bits per heavy atom. The summed E-state index contributed by atoms with van der Waals surface area (Å²) in [6.45, 7) is 0. The van der Waals surface area contributed by atoms with Gasteiger partial charge >= 0.3 is 5.97 Å². The van der Waals surface area contributed by atoms with Gasteiger partial charge < -0.3 is 21.0 Å². The van der Waals surface area contributed by atoms with Gasteiger partial charge in [-0.3, -0.25) is 14.5 Å². The lowest BCUT2D eigenvalue weighted by Gasteiger charge is -2.49. The summed E-state index contributed by atoms with van der Waals surface area (Å²) in [6, 6.07) is -0.924. The lowest BCUT2D eigenvalue weighted by atomic mass is 10.0. The molecular weight excluding hydrogens is 420 g/mol. The molecule has 1 aromatic heterocycles. The molecule has 3 rings (SSSR count). The summed E-state index contributed by atoms with van der Waals surface area (Å²) in [7, 11) is 1.24. The van der Waals surface area contributed by atoms with E-state index in [1.165, 1.54) is 18.9 Å². The number of halogens is 1. The minimum absolute atomic E-state index is 0.00369. The van der Waals surface area contributed by atoms with E-state index in [4.69, 9.17) is 17.3 Å². The van der Waals surface area contributed by atoms with Gasteiger partial charge in [0.25, 0.3) is 11.8 Å². The first-order valence-corrected chi connectivity index (χ1v) is 9.72. The number of thioether (sulfide) groups is 1. The number of β-lactam (4-membered cyclic amide) rings is 1. The highest BCUT2D eigenvalue weighted by molar-refractivity contribution is 8.00. The van der Waals surface area contributed by atoms with E-state index in [1.54, 1.807) is 0 Å². The number of carboxylic acid groups (broad SMARTS) is 1. The smallest absolute Gasteiger partial charge is 0.352 e. The van der Waals surface area contributed by atoms with Crippen LogP contribution >= 0.6 is 34.9 Å². The third-order valence-electron chi connectivity index (χ3n) is 3.75. The van der Waals surface area contributed by atoms with Crippen LogP contribution in [0.5, 0.6) is 0 Å². The number of oxime groups is 1. The molecule has 4 N–H and O–H groups in total. The standard InChI is InChI=1S/C13H13ClN6O5S2/c1-25-18-5(8-17-13(15)27-19-8)9(21)16-6-10(22)20-7(12(23)24)4(2-14)3-26-11(6)20/h6,11H,2-3H2,1H3,(H,16,21)(H,23,24)(H2,15,17,19)/t6-,11-/m1/s1. The highest BCUT2D eigenvalue weighted by atomic mass is 35.5. The number of nitrogens with two attached hydrogens (primary N) is 1. The van der Waals surface area contributed by atoms with Crippen LogP contribution in [0.25, 0.3) is 0 Å². The molecule has 144 valence electrons. The molecular formula is C13H13ClN6O5S2. The van der Waals surface area contributed by atoms with Crippen molar-refractivity contribution < 1.29 is 24.3 Å². The van der Waals surface area contributed by atoms with Crippen molar-refractivity contribution in [2.75, 3.05) is 24.5 Å². The minimum Gasteiger partial charge on any atom is -0.477 e. The lowest BCUT2D eigenvalue weighted by Crippen LogP contribution is -2.71. The summed E-state index contributed by atoms with van der Waals surface area (Å²) in [4.78, 5) is 46.1. The zero-order chi connectivity index (χ0) is 19.7. The van der Waals surface area contributed by atoms with E-state index < -0.39 is 29.2 Å². The predicted octanol–water partition coefficient (Wildman–Crippen LogP) is -0.552. The van der Waals surface area contributed by atoms with E-state index in [9.17, 15) is 19.5 Å². The van der Waals surface area contributed by atoms with E-state index in [-0.39, 0.29) is 28.2 Å². The number of alkyl halides is 1. The largest absolute Gasteiger partial charge is 0.477 e. The summed E-state index contributed by atoms with van der Waals surface area (Å²) >= 11 is 7.96. The van der Waals surface area contributed by atoms with Gasteiger partial charge in [0, 0.05) is 23.2 Å². The van der Waals surface area contributed by atoms with Crippen LogP contribution in [-0.4, -0.2) is 73.0 Å². The van der Waals surface area contributed by atoms with Crippen LogP contribution < -0.4 is 11.1 Å². The first-order chi connectivity index (χ1) is 12.9. The second-order valence-corrected chi connectivity index (χ2v) is 7.49. The Labute approximate surface area is 165 Å². The summed E-state index contributed by atoms with van der Waals surface area (Å²) in [5, 5.41) is 15.1. The van der Waals surface area contributed by atoms with Crippen molar-refractivity contribution in [2.24, 2.45) is 5.16 Å². The average Bonchev–Trinajstić information content (AvgIpc) is 3.08. The number of nitrogens with zero attached hydrogens (tertiary/aromatic N) is 4. The number of carbonyl (C=O) groups is 3. The van der Waals surface area contributed by atoms with E-state index in [1.807, 2.05) is 0 Å². The Balaban J connectivity index is 1.79. The lowest BCUT2D eigenvalue weighted by molar-refractivity contribution is -0.150. The monoisotopic (exact) mass is 432 g/mol. The molecule has 0 spiro atoms. The third-order valence-corrected chi connectivity index (χ3v) is 5.95. The molecule has 1 fully saturated rings. The molecule has 2 aliphatic heterocycles. The van der Waals surface area contributed by atoms with E-state index in [0.29, 0.717) is 11.3 Å². The van der Waals surface area contributed by atoms with Gasteiger partial charge in [0.15, 0.2) is 5.13 Å². The second-order valence-electron chi connectivity index (χ2n) is 5.33. The number of fused-ring (bicyclic) bond motifs is 1. The van der Waals surface area contributed by atoms with Gasteiger partial charge in [0.2, 0.25) is 11.5 Å². The Morgan fingerprint density at radius 3 is 2.85 bits per heavy atom. The number of rotatable bonds is 6. The second kappa shape index (κ2) is 7.70. The predicted molar refractivity (Wildman–Crippen MR) is 98.3 cm³/mol. The fourth-order valence-electron chi connectivity index (χ4n) is 2.60. The molecule has 1 aromatic rings. The van der Waals surface area contributed by atoms with Crippen molar-refractivity contribution in [1.29, 1.82) is 0 Å². The Morgan fingerprint density at radius 1 is 1.56 bits per heavy atom. The number of nitrogens with one attached hydrogen (secondary N) is 1. The number of hydrogen-bond acceptors (Lipinski definition) is 10. The molecule has 0 aromatic carbocycles. The summed E-state index contributed by atoms with van der Waals surface area (Å²) in [5.41, 5.74) is 5.59. The first-order valence-electron chi connectivity index (χ1n) is 7.36. The van der Waals surface area contributed by atoms with Crippen molar-refractivity contribution in [2.45, 2.75) is 11.4 Å². The SMILES string of the molecule is CON=C(C(=O)N[C@@H]1C(=O)N2C(C(=O)O)=C(CCl)CS[C@H]12)c1nsc(N)n1. The normalized spacial score (nSPS) is 22.2.